The third-order valence-electron chi connectivity index (χ3n) is 19.6. The van der Waals surface area contributed by atoms with Gasteiger partial charge in [-0.1, -0.05) is 371 Å². The summed E-state index contributed by atoms with van der Waals surface area (Å²) < 4.78 is 0. The number of para-hydroxylation sites is 3. The molecule has 121 heavy (non-hydrogen) atoms. The first kappa shape index (κ1) is 134. The Morgan fingerprint density at radius 1 is 0.223 bits per heavy atom. The molecule has 0 heterocycles. The van der Waals surface area contributed by atoms with Gasteiger partial charge in [-0.2, -0.15) is 0 Å². The number of hydrogen-bond acceptors (Lipinski definition) is 5. The summed E-state index contributed by atoms with van der Waals surface area (Å²) in [4.78, 5) is 0. The number of rotatable bonds is 10. The minimum atomic E-state index is -0.0402. The molecule has 10 heteroatoms. The molecule has 14 aromatic rings. The number of fused-ring (bicyclic) bond motifs is 7. The normalized spacial score (nSPS) is 9.93. The van der Waals surface area contributed by atoms with Crippen LogP contribution in [0.1, 0.15) is 166 Å². The third-order valence-corrected chi connectivity index (χ3v) is 19.6. The van der Waals surface area contributed by atoms with Gasteiger partial charge in [0.05, 0.1) is 0 Å². The predicted octanol–water partition coefficient (Wildman–Crippen LogP) is 33.8. The third kappa shape index (κ3) is 30.4. The van der Waals surface area contributed by atoms with E-state index in [0.717, 1.165) is 88.3 Å². The predicted molar refractivity (Wildman–Crippen MR) is 525 cm³/mol. The number of phenolic OH excluding ortho intramolecular Hbond substituents is 5. The molecule has 4 radical (unpaired) electrons. The Kier molecular flexibility index (Phi) is 67.4. The van der Waals surface area contributed by atoms with Gasteiger partial charge < -0.3 is 122 Å². The molecule has 0 unspecified atom stereocenters. The smallest absolute Gasteiger partial charge is 0.507 e. The van der Waals surface area contributed by atoms with Gasteiger partial charge in [0.2, 0.25) is 0 Å². The molecule has 15 rings (SSSR count). The standard InChI is InChI=1S/C27H30O.C22H24O.C20H14O.C15H16O.C12H10O.2CH4.13CH3.5Ti/c1-16(2)18-11-13-24-23(14-18)22-12-10-19(15-25(22)27(24,5)6)21-9-7-8-20(17(3)4)26(21)28;1-14(2)16-8-7-9-17(12-16)22-19-11-6-5-10-18(19)20(15(3)4)13-21(22)23;21-20-18-13-7-5-11-16(18)15-10-4-6-12-17(15)19(20)14-8-2-1-3-9-14;1-11(2)13-9-6-10-14(15(13)16)12-7-4-3-5-8-12;13-12-9-5-4-8-11(12)10-6-2-1-3-7-10;;;;;;;;;;;;;;;;;;;;/h7-17,28H,1-6H3;5-15,23H,1-4H3;1-13,21H;3-11,16H,1-2H3;1-9,13H;2*1H4;13*1H3;;;;;/q;;;;;;;13*-1;;4*+3. The Balaban J connectivity index is -0.000000155. The molecular formula is C111H141O5Ti5-. The van der Waals surface area contributed by atoms with Crippen LogP contribution in [0.3, 0.4) is 0 Å². The maximum absolute atomic E-state index is 10.9. The molecule has 5 nitrogen and oxygen atoms in total. The summed E-state index contributed by atoms with van der Waals surface area (Å²) in [6.45, 7) is 26.2. The van der Waals surface area contributed by atoms with Crippen molar-refractivity contribution in [3.05, 3.63) is 427 Å². The fourth-order valence-corrected chi connectivity index (χ4v) is 14.0. The number of hydrogen-bond donors (Lipinski definition) is 5. The van der Waals surface area contributed by atoms with E-state index in [1.165, 1.54) is 49.7 Å². The summed E-state index contributed by atoms with van der Waals surface area (Å²) in [6, 6.07) is 97.9. The van der Waals surface area contributed by atoms with Gasteiger partial charge in [-0.25, -0.2) is 0 Å². The molecule has 14 aromatic carbocycles. The van der Waals surface area contributed by atoms with Crippen molar-refractivity contribution < 1.29 is 134 Å². The van der Waals surface area contributed by atoms with Crippen molar-refractivity contribution in [1.82, 2.24) is 0 Å². The largest absolute Gasteiger partial charge is 3.00 e. The van der Waals surface area contributed by atoms with Crippen LogP contribution in [0.5, 0.6) is 28.7 Å². The number of benzene rings is 14. The van der Waals surface area contributed by atoms with E-state index in [9.17, 15) is 25.5 Å². The average Bonchev–Trinajstić information content (AvgIpc) is 1.64. The van der Waals surface area contributed by atoms with Crippen molar-refractivity contribution in [1.29, 1.82) is 0 Å². The van der Waals surface area contributed by atoms with E-state index in [2.05, 4.69) is 180 Å². The van der Waals surface area contributed by atoms with E-state index >= 15 is 0 Å². The van der Waals surface area contributed by atoms with Crippen LogP contribution in [0.25, 0.3) is 99.1 Å². The number of phenols is 5. The van der Waals surface area contributed by atoms with E-state index < -0.39 is 0 Å². The van der Waals surface area contributed by atoms with Gasteiger partial charge in [0.25, 0.3) is 0 Å². The Bertz CT molecular complexity index is 5210. The van der Waals surface area contributed by atoms with E-state index in [1.807, 2.05) is 188 Å². The first-order valence-electron chi connectivity index (χ1n) is 35.5. The van der Waals surface area contributed by atoms with Crippen LogP contribution in [-0.4, -0.2) is 25.5 Å². The van der Waals surface area contributed by atoms with Crippen LogP contribution in [0.4, 0.5) is 0 Å². The topological polar surface area (TPSA) is 101 Å². The molecular weight excluding hydrogens is 1650 g/mol. The van der Waals surface area contributed by atoms with Gasteiger partial charge in [0.1, 0.15) is 28.7 Å². The van der Waals surface area contributed by atoms with Gasteiger partial charge in [0.15, 0.2) is 0 Å². The van der Waals surface area contributed by atoms with Crippen molar-refractivity contribution in [3.8, 4) is 95.5 Å². The monoisotopic (exact) mass is 1790 g/mol. The fourth-order valence-electron chi connectivity index (χ4n) is 14.0. The van der Waals surface area contributed by atoms with Crippen LogP contribution < -0.4 is 0 Å². The van der Waals surface area contributed by atoms with Crippen molar-refractivity contribution >= 4 is 32.3 Å². The maximum atomic E-state index is 10.9. The van der Waals surface area contributed by atoms with Crippen LogP contribution in [0.2, 0.25) is 0 Å². The van der Waals surface area contributed by atoms with Gasteiger partial charge >= 0.3 is 86.9 Å². The van der Waals surface area contributed by atoms with Crippen LogP contribution in [-0.2, 0) is 114 Å². The van der Waals surface area contributed by atoms with Crippen molar-refractivity contribution in [2.45, 2.75) is 133 Å². The summed E-state index contributed by atoms with van der Waals surface area (Å²) in [6.07, 6.45) is 0. The van der Waals surface area contributed by atoms with Gasteiger partial charge in [-0.15, -0.1) is 0 Å². The molecule has 636 valence electrons. The second-order valence-electron chi connectivity index (χ2n) is 28.4. The zero-order valence-electron chi connectivity index (χ0n) is 75.8. The molecule has 0 aromatic heterocycles. The van der Waals surface area contributed by atoms with Gasteiger partial charge in [-0.05, 0) is 153 Å². The van der Waals surface area contributed by atoms with Gasteiger partial charge in [-0.3, -0.25) is 0 Å². The summed E-state index contributed by atoms with van der Waals surface area (Å²) >= 11 is 0. The second kappa shape index (κ2) is 60.9. The Morgan fingerprint density at radius 3 is 1.03 bits per heavy atom. The van der Waals surface area contributed by atoms with E-state index in [1.54, 1.807) is 6.07 Å². The average molecular weight is 1790 g/mol. The molecule has 0 aliphatic heterocycles. The molecule has 0 saturated heterocycles. The van der Waals surface area contributed by atoms with Crippen molar-refractivity contribution in [3.63, 3.8) is 0 Å². The second-order valence-corrected chi connectivity index (χ2v) is 28.4. The summed E-state index contributed by atoms with van der Waals surface area (Å²) in [5.74, 6) is 3.87. The van der Waals surface area contributed by atoms with Crippen molar-refractivity contribution in [2.75, 3.05) is 0 Å². The maximum Gasteiger partial charge on any atom is 3.00 e. The first-order valence-corrected chi connectivity index (χ1v) is 35.5. The molecule has 0 saturated carbocycles. The van der Waals surface area contributed by atoms with Crippen LogP contribution >= 0.6 is 0 Å². The summed E-state index contributed by atoms with van der Waals surface area (Å²) in [5.41, 5.74) is 21.1. The van der Waals surface area contributed by atoms with E-state index in [-0.39, 0.29) is 225 Å². The van der Waals surface area contributed by atoms with E-state index in [4.69, 9.17) is 0 Å². The zero-order chi connectivity index (χ0) is 71.6. The molecule has 5 N–H and O–H groups in total. The Hall–Kier alpha value is -7.57. The Labute approximate surface area is 813 Å². The zero-order valence-corrected chi connectivity index (χ0v) is 83.6. The van der Waals surface area contributed by atoms with Crippen LogP contribution in [0, 0.1) is 96.5 Å². The molecule has 1 aliphatic carbocycles. The quantitative estimate of drug-likeness (QED) is 0.0534. The molecule has 0 amide bonds. The Morgan fingerprint density at radius 2 is 0.579 bits per heavy atom. The summed E-state index contributed by atoms with van der Waals surface area (Å²) in [7, 11) is 0. The minimum Gasteiger partial charge on any atom is -0.507 e. The first-order chi connectivity index (χ1) is 48.6. The van der Waals surface area contributed by atoms with Crippen molar-refractivity contribution in [2.24, 2.45) is 0 Å². The van der Waals surface area contributed by atoms with Gasteiger partial charge in [0, 0.05) is 60.3 Å². The molecule has 0 atom stereocenters. The molecule has 1 aliphatic rings. The molecule has 0 fully saturated rings. The van der Waals surface area contributed by atoms with Crippen LogP contribution in [0.15, 0.2) is 291 Å². The molecule has 0 spiro atoms. The number of aromatic hydroxyl groups is 5. The van der Waals surface area contributed by atoms with E-state index in [0.29, 0.717) is 58.3 Å². The molecule has 0 bridgehead atoms. The summed E-state index contributed by atoms with van der Waals surface area (Å²) in [5, 5.41) is 58.8. The minimum absolute atomic E-state index is 0. The SMILES string of the molecule is C.C.CC(C)c1ccc2c(c1)-c1ccc(-c3cccc(C(C)C)c3O)cc1C2(C)C.CC(C)c1cccc(-c2c(O)cc(C(C)C)c3ccccc23)c1.CC(C)c1cccc(-c2ccccc2)c1O.Oc1c(-c2ccccc2)c2ccccc2c2ccccc12.Oc1ccccc1-c1ccccc1.[CH3-].[CH3-].[CH3-].[CH3-].[CH3-].[CH3-].[CH3-].[CH3-].[CH3-].[CH3-].[CH3-].[CH3-].[CH3-].[Ti+3].[Ti+3].[Ti+3].[Ti+3].[Ti]. The fraction of sp³-hybridized carbons (Fsp3) is 0.180.